The van der Waals surface area contributed by atoms with Crippen LogP contribution in [0.1, 0.15) is 26.7 Å². The molecule has 0 radical (unpaired) electrons. The van der Waals surface area contributed by atoms with Crippen molar-refractivity contribution in [3.8, 4) is 0 Å². The maximum absolute atomic E-state index is 11.9. The highest BCUT2D eigenvalue weighted by atomic mass is 16.5. The molecule has 1 N–H and O–H groups in total. The highest BCUT2D eigenvalue weighted by molar-refractivity contribution is 5.76. The molecular formula is C16H31N3O3. The molecule has 6 heteroatoms. The molecule has 0 saturated carbocycles. The standard InChI is InChI=1S/C16H31N3O3/c1-13-10-19(11-14(2)22-13)7-5-16(20)17-6-4-15-12-18(3)8-9-21-15/h13-15H,4-12H2,1-3H3,(H,17,20)/t13-,14+,15-/m1/s1. The minimum absolute atomic E-state index is 0.135. The van der Waals surface area contributed by atoms with Gasteiger partial charge < -0.3 is 19.7 Å². The van der Waals surface area contributed by atoms with Crippen molar-refractivity contribution in [3.63, 3.8) is 0 Å². The Morgan fingerprint density at radius 1 is 1.23 bits per heavy atom. The Bertz CT molecular complexity index is 344. The number of carbonyl (C=O) groups is 1. The molecule has 2 aliphatic heterocycles. The molecule has 128 valence electrons. The van der Waals surface area contributed by atoms with Crippen LogP contribution in [0.3, 0.4) is 0 Å². The lowest BCUT2D eigenvalue weighted by atomic mass is 10.2. The van der Waals surface area contributed by atoms with E-state index in [-0.39, 0.29) is 24.2 Å². The summed E-state index contributed by atoms with van der Waals surface area (Å²) >= 11 is 0. The molecule has 0 aromatic rings. The maximum Gasteiger partial charge on any atom is 0.221 e. The van der Waals surface area contributed by atoms with Crippen molar-refractivity contribution >= 4 is 5.91 Å². The molecule has 0 aliphatic carbocycles. The van der Waals surface area contributed by atoms with Crippen molar-refractivity contribution < 1.29 is 14.3 Å². The lowest BCUT2D eigenvalue weighted by Gasteiger charge is -2.35. The number of hydrogen-bond acceptors (Lipinski definition) is 5. The molecule has 0 aromatic carbocycles. The third-order valence-corrected chi connectivity index (χ3v) is 4.28. The summed E-state index contributed by atoms with van der Waals surface area (Å²) in [4.78, 5) is 16.5. The van der Waals surface area contributed by atoms with Gasteiger partial charge in [-0.15, -0.1) is 0 Å². The molecule has 0 bridgehead atoms. The molecule has 2 fully saturated rings. The Labute approximate surface area is 134 Å². The van der Waals surface area contributed by atoms with Gasteiger partial charge in [0.1, 0.15) is 0 Å². The second-order valence-corrected chi connectivity index (χ2v) is 6.66. The van der Waals surface area contributed by atoms with Crippen LogP contribution in [0, 0.1) is 0 Å². The van der Waals surface area contributed by atoms with Gasteiger partial charge in [0.05, 0.1) is 24.9 Å². The van der Waals surface area contributed by atoms with Crippen LogP contribution < -0.4 is 5.32 Å². The van der Waals surface area contributed by atoms with Crippen molar-refractivity contribution in [3.05, 3.63) is 0 Å². The van der Waals surface area contributed by atoms with Gasteiger partial charge in [0.15, 0.2) is 0 Å². The first-order chi connectivity index (χ1) is 10.5. The highest BCUT2D eigenvalue weighted by Crippen LogP contribution is 2.10. The molecule has 2 heterocycles. The Hall–Kier alpha value is -0.690. The first kappa shape index (κ1) is 17.7. The molecule has 0 spiro atoms. The van der Waals surface area contributed by atoms with E-state index in [0.717, 1.165) is 45.8 Å². The summed E-state index contributed by atoms with van der Waals surface area (Å²) in [5.74, 6) is 0.135. The van der Waals surface area contributed by atoms with E-state index in [1.54, 1.807) is 0 Å². The predicted octanol–water partition coefficient (Wildman–Crippen LogP) is 0.323. The molecular weight excluding hydrogens is 282 g/mol. The van der Waals surface area contributed by atoms with Gasteiger partial charge in [0, 0.05) is 45.7 Å². The third-order valence-electron chi connectivity index (χ3n) is 4.28. The van der Waals surface area contributed by atoms with E-state index in [1.807, 2.05) is 0 Å². The van der Waals surface area contributed by atoms with E-state index in [9.17, 15) is 4.79 Å². The van der Waals surface area contributed by atoms with Crippen LogP contribution in [0.15, 0.2) is 0 Å². The molecule has 1 amide bonds. The fourth-order valence-corrected chi connectivity index (χ4v) is 3.23. The summed E-state index contributed by atoms with van der Waals surface area (Å²) in [6.07, 6.45) is 2.21. The quantitative estimate of drug-likeness (QED) is 0.765. The van der Waals surface area contributed by atoms with Crippen LogP contribution in [0.5, 0.6) is 0 Å². The van der Waals surface area contributed by atoms with E-state index in [4.69, 9.17) is 9.47 Å². The smallest absolute Gasteiger partial charge is 0.221 e. The van der Waals surface area contributed by atoms with Crippen LogP contribution in [0.4, 0.5) is 0 Å². The average molecular weight is 313 g/mol. The number of carbonyl (C=O) groups excluding carboxylic acids is 1. The fourth-order valence-electron chi connectivity index (χ4n) is 3.23. The van der Waals surface area contributed by atoms with Crippen molar-refractivity contribution in [2.24, 2.45) is 0 Å². The van der Waals surface area contributed by atoms with Crippen LogP contribution in [0.25, 0.3) is 0 Å². The Morgan fingerprint density at radius 2 is 1.95 bits per heavy atom. The molecule has 0 unspecified atom stereocenters. The normalized spacial score (nSPS) is 31.1. The summed E-state index contributed by atoms with van der Waals surface area (Å²) < 4.78 is 11.4. The third kappa shape index (κ3) is 6.20. The molecule has 6 nitrogen and oxygen atoms in total. The molecule has 22 heavy (non-hydrogen) atoms. The molecule has 0 aromatic heterocycles. The summed E-state index contributed by atoms with van der Waals surface area (Å²) in [7, 11) is 2.11. The SMILES string of the molecule is C[C@@H]1CN(CCC(=O)NCC[C@@H]2CN(C)CCO2)C[C@H](C)O1. The lowest BCUT2D eigenvalue weighted by molar-refractivity contribution is -0.122. The van der Waals surface area contributed by atoms with E-state index >= 15 is 0 Å². The topological polar surface area (TPSA) is 54.0 Å². The van der Waals surface area contributed by atoms with Crippen molar-refractivity contribution in [1.29, 1.82) is 0 Å². The molecule has 2 saturated heterocycles. The largest absolute Gasteiger partial charge is 0.375 e. The van der Waals surface area contributed by atoms with Crippen molar-refractivity contribution in [2.45, 2.75) is 45.0 Å². The minimum atomic E-state index is 0.135. The number of rotatable bonds is 6. The highest BCUT2D eigenvalue weighted by Gasteiger charge is 2.22. The monoisotopic (exact) mass is 313 g/mol. The Balaban J connectivity index is 1.56. The fraction of sp³-hybridized carbons (Fsp3) is 0.938. The van der Waals surface area contributed by atoms with Gasteiger partial charge in [-0.2, -0.15) is 0 Å². The molecule has 2 aliphatic rings. The van der Waals surface area contributed by atoms with Gasteiger partial charge in [-0.3, -0.25) is 9.69 Å². The van der Waals surface area contributed by atoms with Gasteiger partial charge in [-0.1, -0.05) is 0 Å². The summed E-state index contributed by atoms with van der Waals surface area (Å²) in [5, 5.41) is 3.01. The number of likely N-dealkylation sites (N-methyl/N-ethyl adjacent to an activating group) is 1. The maximum atomic E-state index is 11.9. The number of nitrogens with one attached hydrogen (secondary N) is 1. The Kier molecular flexibility index (Phi) is 7.08. The first-order valence-corrected chi connectivity index (χ1v) is 8.47. The second-order valence-electron chi connectivity index (χ2n) is 6.66. The first-order valence-electron chi connectivity index (χ1n) is 8.47. The number of ether oxygens (including phenoxy) is 2. The average Bonchev–Trinajstić information content (AvgIpc) is 2.44. The van der Waals surface area contributed by atoms with Gasteiger partial charge in [0.2, 0.25) is 5.91 Å². The minimum Gasteiger partial charge on any atom is -0.375 e. The van der Waals surface area contributed by atoms with E-state index in [1.165, 1.54) is 0 Å². The second kappa shape index (κ2) is 8.82. The summed E-state index contributed by atoms with van der Waals surface area (Å²) in [5.41, 5.74) is 0. The zero-order valence-corrected chi connectivity index (χ0v) is 14.2. The zero-order chi connectivity index (χ0) is 15.9. The van der Waals surface area contributed by atoms with Crippen molar-refractivity contribution in [2.75, 3.05) is 52.9 Å². The predicted molar refractivity (Wildman–Crippen MR) is 85.9 cm³/mol. The van der Waals surface area contributed by atoms with Crippen LogP contribution in [-0.2, 0) is 14.3 Å². The van der Waals surface area contributed by atoms with Crippen molar-refractivity contribution in [1.82, 2.24) is 15.1 Å². The number of hydrogen-bond donors (Lipinski definition) is 1. The van der Waals surface area contributed by atoms with Crippen LogP contribution >= 0.6 is 0 Å². The number of amides is 1. The number of nitrogens with zero attached hydrogens (tertiary/aromatic N) is 2. The van der Waals surface area contributed by atoms with E-state index < -0.39 is 0 Å². The van der Waals surface area contributed by atoms with E-state index in [0.29, 0.717) is 13.0 Å². The molecule has 3 atom stereocenters. The van der Waals surface area contributed by atoms with Gasteiger partial charge in [-0.25, -0.2) is 0 Å². The Morgan fingerprint density at radius 3 is 2.64 bits per heavy atom. The zero-order valence-electron chi connectivity index (χ0n) is 14.2. The molecule has 2 rings (SSSR count). The summed E-state index contributed by atoms with van der Waals surface area (Å²) in [6, 6.07) is 0. The van der Waals surface area contributed by atoms with Gasteiger partial charge >= 0.3 is 0 Å². The van der Waals surface area contributed by atoms with Gasteiger partial charge in [-0.05, 0) is 27.3 Å². The summed E-state index contributed by atoms with van der Waals surface area (Å²) in [6.45, 7) is 10.3. The number of morpholine rings is 2. The van der Waals surface area contributed by atoms with Crippen LogP contribution in [-0.4, -0.2) is 86.9 Å². The van der Waals surface area contributed by atoms with E-state index in [2.05, 4.69) is 36.0 Å². The lowest BCUT2D eigenvalue weighted by Crippen LogP contribution is -2.46. The van der Waals surface area contributed by atoms with Gasteiger partial charge in [0.25, 0.3) is 0 Å². The van der Waals surface area contributed by atoms with Crippen LogP contribution in [0.2, 0.25) is 0 Å².